The molecule has 5 heteroatoms. The Bertz CT molecular complexity index is 518. The van der Waals surface area contributed by atoms with Gasteiger partial charge in [-0.2, -0.15) is 0 Å². The van der Waals surface area contributed by atoms with Crippen molar-refractivity contribution >= 4 is 5.91 Å². The maximum Gasteiger partial charge on any atom is 0.260 e. The van der Waals surface area contributed by atoms with E-state index in [0.29, 0.717) is 0 Å². The number of carbonyl (C=O) groups excluding carboxylic acids is 1. The number of carbonyl (C=O) groups is 1. The predicted octanol–water partition coefficient (Wildman–Crippen LogP) is 1.45. The number of nitrogens with zero attached hydrogens (tertiary/aromatic N) is 1. The molecule has 110 valence electrons. The number of hydrogen-bond donors (Lipinski definition) is 2. The molecule has 5 nitrogen and oxygen atoms in total. The van der Waals surface area contributed by atoms with Gasteiger partial charge in [-0.15, -0.1) is 0 Å². The molecule has 1 aliphatic rings. The molecular formula is C15H22N2O3. The second kappa shape index (κ2) is 6.70. The molecule has 1 aromatic heterocycles. The van der Waals surface area contributed by atoms with Gasteiger partial charge < -0.3 is 15.0 Å². The number of aromatic nitrogens is 1. The van der Waals surface area contributed by atoms with E-state index in [1.54, 1.807) is 24.0 Å². The van der Waals surface area contributed by atoms with Gasteiger partial charge in [0, 0.05) is 18.3 Å². The molecule has 1 heterocycles. The van der Waals surface area contributed by atoms with Crippen LogP contribution < -0.4 is 5.56 Å². The summed E-state index contributed by atoms with van der Waals surface area (Å²) in [6.07, 6.45) is 5.31. The average molecular weight is 278 g/mol. The van der Waals surface area contributed by atoms with Crippen molar-refractivity contribution in [3.05, 3.63) is 33.7 Å². The van der Waals surface area contributed by atoms with Gasteiger partial charge in [-0.05, 0) is 31.9 Å². The summed E-state index contributed by atoms with van der Waals surface area (Å²) >= 11 is 0. The molecule has 1 aliphatic carbocycles. The summed E-state index contributed by atoms with van der Waals surface area (Å²) in [6.45, 7) is 1.99. The van der Waals surface area contributed by atoms with Crippen molar-refractivity contribution < 1.29 is 9.90 Å². The van der Waals surface area contributed by atoms with Crippen molar-refractivity contribution in [2.45, 2.75) is 45.1 Å². The van der Waals surface area contributed by atoms with E-state index in [-0.39, 0.29) is 36.2 Å². The number of aryl methyl sites for hydroxylation is 1. The Kier molecular flexibility index (Phi) is 4.95. The van der Waals surface area contributed by atoms with Gasteiger partial charge in [-0.3, -0.25) is 9.59 Å². The third-order valence-corrected chi connectivity index (χ3v) is 3.90. The van der Waals surface area contributed by atoms with Crippen molar-refractivity contribution in [1.82, 2.24) is 9.88 Å². The Hall–Kier alpha value is -1.62. The van der Waals surface area contributed by atoms with E-state index in [9.17, 15) is 14.7 Å². The minimum absolute atomic E-state index is 0.0774. The number of amides is 1. The van der Waals surface area contributed by atoms with Crippen molar-refractivity contribution in [3.8, 4) is 0 Å². The summed E-state index contributed by atoms with van der Waals surface area (Å²) in [5.74, 6) is -0.271. The summed E-state index contributed by atoms with van der Waals surface area (Å²) in [7, 11) is 0. The number of nitrogens with one attached hydrogen (secondary N) is 1. The van der Waals surface area contributed by atoms with Gasteiger partial charge in [-0.25, -0.2) is 0 Å². The summed E-state index contributed by atoms with van der Waals surface area (Å²) in [5.41, 5.74) is 0.543. The third kappa shape index (κ3) is 3.28. The third-order valence-electron chi connectivity index (χ3n) is 3.90. The quantitative estimate of drug-likeness (QED) is 0.875. The van der Waals surface area contributed by atoms with E-state index in [2.05, 4.69) is 4.98 Å². The number of aliphatic hydroxyl groups is 1. The van der Waals surface area contributed by atoms with E-state index < -0.39 is 0 Å². The van der Waals surface area contributed by atoms with E-state index in [0.717, 1.165) is 31.4 Å². The number of aromatic amines is 1. The first kappa shape index (κ1) is 14.8. The van der Waals surface area contributed by atoms with Crippen LogP contribution in [0.2, 0.25) is 0 Å². The van der Waals surface area contributed by atoms with Crippen LogP contribution in [0.3, 0.4) is 0 Å². The fraction of sp³-hybridized carbons (Fsp3) is 0.600. The maximum absolute atomic E-state index is 12.6. The lowest BCUT2D eigenvalue weighted by molar-refractivity contribution is 0.0583. The van der Waals surface area contributed by atoms with E-state index in [1.807, 2.05) is 0 Å². The Morgan fingerprint density at radius 2 is 2.05 bits per heavy atom. The molecule has 2 N–H and O–H groups in total. The Labute approximate surface area is 118 Å². The van der Waals surface area contributed by atoms with Gasteiger partial charge in [0.15, 0.2) is 0 Å². The van der Waals surface area contributed by atoms with Crippen LogP contribution in [0.1, 0.15) is 48.2 Å². The first-order valence-electron chi connectivity index (χ1n) is 7.25. The lowest BCUT2D eigenvalue weighted by atomic mass is 9.93. The highest BCUT2D eigenvalue weighted by Gasteiger charge is 2.27. The van der Waals surface area contributed by atoms with Crippen molar-refractivity contribution in [1.29, 1.82) is 0 Å². The summed E-state index contributed by atoms with van der Waals surface area (Å²) in [4.78, 5) is 28.8. The molecule has 0 aliphatic heterocycles. The van der Waals surface area contributed by atoms with Crippen LogP contribution in [0.5, 0.6) is 0 Å². The fourth-order valence-corrected chi connectivity index (χ4v) is 2.85. The average Bonchev–Trinajstić information content (AvgIpc) is 2.45. The van der Waals surface area contributed by atoms with Gasteiger partial charge in [-0.1, -0.05) is 19.3 Å². The number of aliphatic hydroxyl groups excluding tert-OH is 1. The summed E-state index contributed by atoms with van der Waals surface area (Å²) < 4.78 is 0. The Balaban J connectivity index is 2.23. The SMILES string of the molecule is Cc1ccc(C(=O)N(CCO)C2CCCCC2)c(=O)[nH]1. The fourth-order valence-electron chi connectivity index (χ4n) is 2.85. The molecule has 1 amide bonds. The van der Waals surface area contributed by atoms with Gasteiger partial charge in [0.2, 0.25) is 0 Å². The minimum Gasteiger partial charge on any atom is -0.395 e. The molecule has 0 atom stereocenters. The zero-order valence-electron chi connectivity index (χ0n) is 11.9. The molecule has 0 aromatic carbocycles. The minimum atomic E-state index is -0.353. The molecule has 0 saturated heterocycles. The van der Waals surface area contributed by atoms with Crippen LogP contribution >= 0.6 is 0 Å². The molecule has 0 spiro atoms. The summed E-state index contributed by atoms with van der Waals surface area (Å²) in [6, 6.07) is 3.44. The van der Waals surface area contributed by atoms with Crippen LogP contribution in [0, 0.1) is 6.92 Å². The smallest absolute Gasteiger partial charge is 0.260 e. The second-order valence-electron chi connectivity index (χ2n) is 5.40. The topological polar surface area (TPSA) is 73.4 Å². The van der Waals surface area contributed by atoms with Crippen molar-refractivity contribution in [3.63, 3.8) is 0 Å². The first-order chi connectivity index (χ1) is 9.63. The van der Waals surface area contributed by atoms with Gasteiger partial charge in [0.05, 0.1) is 6.61 Å². The number of rotatable bonds is 4. The van der Waals surface area contributed by atoms with Crippen molar-refractivity contribution in [2.75, 3.05) is 13.2 Å². The van der Waals surface area contributed by atoms with Crippen LogP contribution in [0.15, 0.2) is 16.9 Å². The number of hydrogen-bond acceptors (Lipinski definition) is 3. The highest BCUT2D eigenvalue weighted by molar-refractivity contribution is 5.94. The van der Waals surface area contributed by atoms with Gasteiger partial charge in [0.1, 0.15) is 5.56 Å². The summed E-state index contributed by atoms with van der Waals surface area (Å²) in [5, 5.41) is 9.20. The lowest BCUT2D eigenvalue weighted by Crippen LogP contribution is -2.44. The normalized spacial score (nSPS) is 16.1. The monoisotopic (exact) mass is 278 g/mol. The molecule has 0 unspecified atom stereocenters. The van der Waals surface area contributed by atoms with E-state index in [4.69, 9.17) is 0 Å². The van der Waals surface area contributed by atoms with E-state index >= 15 is 0 Å². The molecule has 1 saturated carbocycles. The standard InChI is InChI=1S/C15H22N2O3/c1-11-7-8-13(14(19)16-11)15(20)17(9-10-18)12-5-3-2-4-6-12/h7-8,12,18H,2-6,9-10H2,1H3,(H,16,19). The van der Waals surface area contributed by atoms with Gasteiger partial charge >= 0.3 is 0 Å². The zero-order chi connectivity index (χ0) is 14.5. The molecule has 20 heavy (non-hydrogen) atoms. The molecule has 2 rings (SSSR count). The largest absolute Gasteiger partial charge is 0.395 e. The Morgan fingerprint density at radius 3 is 2.65 bits per heavy atom. The van der Waals surface area contributed by atoms with E-state index in [1.165, 1.54) is 6.42 Å². The highest BCUT2D eigenvalue weighted by atomic mass is 16.3. The maximum atomic E-state index is 12.6. The molecule has 0 radical (unpaired) electrons. The second-order valence-corrected chi connectivity index (χ2v) is 5.40. The van der Waals surface area contributed by atoms with Crippen LogP contribution in [0.25, 0.3) is 0 Å². The zero-order valence-corrected chi connectivity index (χ0v) is 11.9. The Morgan fingerprint density at radius 1 is 1.35 bits per heavy atom. The van der Waals surface area contributed by atoms with Crippen LogP contribution in [-0.4, -0.2) is 40.1 Å². The molecule has 1 fully saturated rings. The van der Waals surface area contributed by atoms with Gasteiger partial charge in [0.25, 0.3) is 11.5 Å². The molecule has 0 bridgehead atoms. The number of pyridine rings is 1. The lowest BCUT2D eigenvalue weighted by Gasteiger charge is -2.33. The molecule has 1 aromatic rings. The first-order valence-corrected chi connectivity index (χ1v) is 7.25. The molecular weight excluding hydrogens is 256 g/mol. The predicted molar refractivity (Wildman–Crippen MR) is 76.8 cm³/mol. The van der Waals surface area contributed by atoms with Crippen molar-refractivity contribution in [2.24, 2.45) is 0 Å². The van der Waals surface area contributed by atoms with Crippen LogP contribution in [-0.2, 0) is 0 Å². The highest BCUT2D eigenvalue weighted by Crippen LogP contribution is 2.23. The van der Waals surface area contributed by atoms with Crippen LogP contribution in [0.4, 0.5) is 0 Å². The number of H-pyrrole nitrogens is 1.